The van der Waals surface area contributed by atoms with Crippen LogP contribution in [0.5, 0.6) is 0 Å². The summed E-state index contributed by atoms with van der Waals surface area (Å²) in [5.41, 5.74) is 4.98. The molecule has 4 N–H and O–H groups in total. The number of nitrogens with two attached hydrogens (primary N) is 1. The number of hydrogen-bond donors (Lipinski definition) is 3. The molecule has 107 valence electrons. The Morgan fingerprint density at radius 3 is 3.16 bits per heavy atom. The number of nitrogens with zero attached hydrogens (tertiary/aromatic N) is 1. The molecular weight excluding hydrogens is 246 g/mol. The first-order chi connectivity index (χ1) is 9.10. The smallest absolute Gasteiger partial charge is 0.237 e. The van der Waals surface area contributed by atoms with Crippen molar-refractivity contribution in [2.45, 2.75) is 43.4 Å². The Kier molecular flexibility index (Phi) is 4.54. The zero-order valence-corrected chi connectivity index (χ0v) is 11.0. The molecule has 19 heavy (non-hydrogen) atoms. The summed E-state index contributed by atoms with van der Waals surface area (Å²) in [7, 11) is 0. The number of amides is 1. The van der Waals surface area contributed by atoms with Gasteiger partial charge in [0.1, 0.15) is 11.8 Å². The number of carbonyl (C=O) groups excluding carboxylic acids is 2. The third-order valence-corrected chi connectivity index (χ3v) is 4.28. The number of fused-ring (bicyclic) bond motifs is 2. The van der Waals surface area contributed by atoms with Crippen molar-refractivity contribution in [1.29, 1.82) is 0 Å². The first kappa shape index (κ1) is 14.4. The van der Waals surface area contributed by atoms with E-state index in [4.69, 9.17) is 5.73 Å². The van der Waals surface area contributed by atoms with Gasteiger partial charge in [-0.25, -0.2) is 0 Å². The van der Waals surface area contributed by atoms with Crippen LogP contribution in [0.1, 0.15) is 25.7 Å². The summed E-state index contributed by atoms with van der Waals surface area (Å²) in [6.07, 6.45) is 5.65. The van der Waals surface area contributed by atoms with Gasteiger partial charge < -0.3 is 21.0 Å². The zero-order chi connectivity index (χ0) is 13.9. The molecule has 2 rings (SSSR count). The lowest BCUT2D eigenvalue weighted by molar-refractivity contribution is -0.131. The molecule has 0 aromatic heterocycles. The van der Waals surface area contributed by atoms with E-state index in [-0.39, 0.29) is 12.5 Å². The fourth-order valence-electron chi connectivity index (χ4n) is 3.32. The maximum atomic E-state index is 11.8. The second-order valence-electron chi connectivity index (χ2n) is 5.45. The highest BCUT2D eigenvalue weighted by molar-refractivity contribution is 5.85. The second-order valence-corrected chi connectivity index (χ2v) is 5.45. The normalized spacial score (nSPS) is 32.2. The first-order valence-electron chi connectivity index (χ1n) is 6.81. The van der Waals surface area contributed by atoms with Crippen LogP contribution in [0.3, 0.4) is 0 Å². The minimum absolute atomic E-state index is 0.231. The van der Waals surface area contributed by atoms with Crippen LogP contribution in [0, 0.1) is 6.42 Å². The summed E-state index contributed by atoms with van der Waals surface area (Å²) >= 11 is 0. The molecule has 0 aromatic carbocycles. The van der Waals surface area contributed by atoms with Crippen molar-refractivity contribution in [1.82, 2.24) is 10.2 Å². The molecule has 1 amide bonds. The van der Waals surface area contributed by atoms with Gasteiger partial charge in [0.2, 0.25) is 5.91 Å². The number of aldehydes is 1. The lowest BCUT2D eigenvalue weighted by atomic mass is 9.87. The number of rotatable bonds is 7. The average Bonchev–Trinajstić information content (AvgIpc) is 2.59. The lowest BCUT2D eigenvalue weighted by Crippen LogP contribution is -2.60. The van der Waals surface area contributed by atoms with Gasteiger partial charge in [-0.2, -0.15) is 0 Å². The van der Waals surface area contributed by atoms with Crippen molar-refractivity contribution in [2.24, 2.45) is 5.73 Å². The van der Waals surface area contributed by atoms with Crippen molar-refractivity contribution in [3.8, 4) is 0 Å². The van der Waals surface area contributed by atoms with E-state index in [0.29, 0.717) is 25.6 Å². The predicted octanol–water partition coefficient (Wildman–Crippen LogP) is -1.18. The molecule has 2 bridgehead atoms. The molecule has 2 fully saturated rings. The van der Waals surface area contributed by atoms with E-state index < -0.39 is 11.6 Å². The predicted molar refractivity (Wildman–Crippen MR) is 70.1 cm³/mol. The van der Waals surface area contributed by atoms with E-state index >= 15 is 0 Å². The van der Waals surface area contributed by atoms with Crippen molar-refractivity contribution >= 4 is 12.2 Å². The van der Waals surface area contributed by atoms with Gasteiger partial charge >= 0.3 is 0 Å². The van der Waals surface area contributed by atoms with Crippen LogP contribution in [0.4, 0.5) is 0 Å². The number of aliphatic hydroxyl groups excluding tert-OH is 1. The minimum Gasteiger partial charge on any atom is -0.390 e. The summed E-state index contributed by atoms with van der Waals surface area (Å²) < 4.78 is 0. The molecule has 6 nitrogen and oxygen atoms in total. The largest absolute Gasteiger partial charge is 0.390 e. The molecule has 0 spiro atoms. The van der Waals surface area contributed by atoms with Crippen LogP contribution in [0.15, 0.2) is 0 Å². The van der Waals surface area contributed by atoms with Crippen LogP contribution in [0.25, 0.3) is 0 Å². The van der Waals surface area contributed by atoms with Gasteiger partial charge in [0.25, 0.3) is 0 Å². The molecular formula is C13H22N3O3. The van der Waals surface area contributed by atoms with Gasteiger partial charge in [0.05, 0.1) is 12.6 Å². The Morgan fingerprint density at radius 2 is 2.47 bits per heavy atom. The standard InChI is InChI=1S/C13H22N3O3/c14-12(19)13-4-1-2-10(3-5-13)16(13)9-11(18)8-15-6-7-17/h1,7,10-11,15,18H,2-6,8-9H2,(H2,14,19)/t10-,11?,13+/m1/s1. The molecule has 1 unspecified atom stereocenters. The summed E-state index contributed by atoms with van der Waals surface area (Å²) in [5.74, 6) is -0.293. The summed E-state index contributed by atoms with van der Waals surface area (Å²) in [4.78, 5) is 24.1. The summed E-state index contributed by atoms with van der Waals surface area (Å²) in [5, 5.41) is 12.9. The van der Waals surface area contributed by atoms with E-state index in [2.05, 4.69) is 16.6 Å². The maximum absolute atomic E-state index is 11.8. The lowest BCUT2D eigenvalue weighted by Gasteiger charge is -2.43. The fraction of sp³-hybridized carbons (Fsp3) is 0.769. The highest BCUT2D eigenvalue weighted by atomic mass is 16.3. The monoisotopic (exact) mass is 268 g/mol. The third-order valence-electron chi connectivity index (χ3n) is 4.28. The summed E-state index contributed by atoms with van der Waals surface area (Å²) in [6, 6.07) is 0.307. The SMILES string of the molecule is NC(=O)[C@]12C[CH]C[C@H](CC1)N2CC(O)CNCC=O. The van der Waals surface area contributed by atoms with Gasteiger partial charge in [0.15, 0.2) is 0 Å². The maximum Gasteiger partial charge on any atom is 0.237 e. The Balaban J connectivity index is 1.97. The molecule has 0 aromatic rings. The van der Waals surface area contributed by atoms with Gasteiger partial charge in [-0.05, 0) is 32.1 Å². The number of β-amino-alcohol motifs (C(OH)–C–C–N with tert-alkyl or cyclic N) is 1. The van der Waals surface area contributed by atoms with Crippen LogP contribution in [0.2, 0.25) is 0 Å². The second kappa shape index (κ2) is 5.98. The molecule has 2 saturated heterocycles. The van der Waals surface area contributed by atoms with Crippen LogP contribution >= 0.6 is 0 Å². The molecule has 2 aliphatic heterocycles. The van der Waals surface area contributed by atoms with E-state index in [1.54, 1.807) is 0 Å². The Morgan fingerprint density at radius 1 is 1.68 bits per heavy atom. The Bertz CT molecular complexity index is 346. The quantitative estimate of drug-likeness (QED) is 0.399. The van der Waals surface area contributed by atoms with E-state index in [9.17, 15) is 14.7 Å². The minimum atomic E-state index is -0.603. The summed E-state index contributed by atoms with van der Waals surface area (Å²) in [6.45, 7) is 1.00. The number of piperidine rings is 1. The highest BCUT2D eigenvalue weighted by Gasteiger charge is 2.52. The van der Waals surface area contributed by atoms with Crippen molar-refractivity contribution in [3.63, 3.8) is 0 Å². The van der Waals surface area contributed by atoms with Crippen LogP contribution in [-0.2, 0) is 9.59 Å². The Labute approximate surface area is 113 Å². The number of primary amides is 1. The van der Waals surface area contributed by atoms with E-state index in [0.717, 1.165) is 25.5 Å². The third kappa shape index (κ3) is 2.80. The van der Waals surface area contributed by atoms with E-state index in [1.165, 1.54) is 0 Å². The van der Waals surface area contributed by atoms with Gasteiger partial charge in [-0.3, -0.25) is 9.69 Å². The zero-order valence-electron chi connectivity index (χ0n) is 11.0. The van der Waals surface area contributed by atoms with Gasteiger partial charge in [-0.1, -0.05) is 0 Å². The number of nitrogens with one attached hydrogen (secondary N) is 1. The van der Waals surface area contributed by atoms with Crippen molar-refractivity contribution < 1.29 is 14.7 Å². The number of hydrogen-bond acceptors (Lipinski definition) is 5. The van der Waals surface area contributed by atoms with Crippen molar-refractivity contribution in [2.75, 3.05) is 19.6 Å². The molecule has 0 aliphatic carbocycles. The number of carbonyl (C=O) groups is 2. The molecule has 2 heterocycles. The topological polar surface area (TPSA) is 95.7 Å². The Hall–Kier alpha value is -0.980. The molecule has 1 radical (unpaired) electrons. The fourth-order valence-corrected chi connectivity index (χ4v) is 3.32. The van der Waals surface area contributed by atoms with Gasteiger partial charge in [-0.15, -0.1) is 0 Å². The molecule has 2 aliphatic rings. The molecule has 6 heteroatoms. The number of aliphatic hydroxyl groups is 1. The van der Waals surface area contributed by atoms with Crippen LogP contribution < -0.4 is 11.1 Å². The first-order valence-corrected chi connectivity index (χ1v) is 6.81. The van der Waals surface area contributed by atoms with Crippen LogP contribution in [-0.4, -0.2) is 59.5 Å². The molecule has 3 atom stereocenters. The highest BCUT2D eigenvalue weighted by Crippen LogP contribution is 2.43. The van der Waals surface area contributed by atoms with Crippen molar-refractivity contribution in [3.05, 3.63) is 6.42 Å². The molecule has 0 saturated carbocycles. The van der Waals surface area contributed by atoms with Gasteiger partial charge in [0, 0.05) is 19.1 Å². The average molecular weight is 268 g/mol. The van der Waals surface area contributed by atoms with E-state index in [1.807, 2.05) is 0 Å².